The SMILES string of the molecule is Cc1cc(OCC(=O)O)cc(C(F)(F)F)c1Oc1ccc(O)c(Cc2ccccn2)c1. The Labute approximate surface area is 175 Å². The minimum atomic E-state index is -4.77. The molecule has 2 aromatic carbocycles. The Bertz CT molecular complexity index is 1080. The second kappa shape index (κ2) is 8.95. The highest BCUT2D eigenvalue weighted by Gasteiger charge is 2.36. The number of benzene rings is 2. The van der Waals surface area contributed by atoms with Crippen molar-refractivity contribution in [3.8, 4) is 23.0 Å². The molecule has 0 aliphatic carbocycles. The number of alkyl halides is 3. The van der Waals surface area contributed by atoms with Crippen LogP contribution in [0.25, 0.3) is 0 Å². The number of carboxylic acid groups (broad SMARTS) is 1. The predicted molar refractivity (Wildman–Crippen MR) is 105 cm³/mol. The minimum Gasteiger partial charge on any atom is -0.508 e. The molecule has 0 atom stereocenters. The van der Waals surface area contributed by atoms with Gasteiger partial charge in [0.2, 0.25) is 0 Å². The molecule has 0 saturated heterocycles. The lowest BCUT2D eigenvalue weighted by Crippen LogP contribution is -2.12. The van der Waals surface area contributed by atoms with E-state index in [-0.39, 0.29) is 29.2 Å². The van der Waals surface area contributed by atoms with Gasteiger partial charge in [-0.15, -0.1) is 0 Å². The number of hydrogen-bond acceptors (Lipinski definition) is 5. The maximum Gasteiger partial charge on any atom is 0.420 e. The van der Waals surface area contributed by atoms with Crippen LogP contribution in [0.2, 0.25) is 0 Å². The van der Waals surface area contributed by atoms with Crippen LogP contribution in [-0.4, -0.2) is 27.8 Å². The normalized spacial score (nSPS) is 11.2. The second-order valence-electron chi connectivity index (χ2n) is 6.69. The first-order chi connectivity index (χ1) is 14.6. The van der Waals surface area contributed by atoms with Gasteiger partial charge >= 0.3 is 12.1 Å². The van der Waals surface area contributed by atoms with Gasteiger partial charge in [-0.05, 0) is 55.0 Å². The average molecular weight is 433 g/mol. The molecule has 0 saturated carbocycles. The Morgan fingerprint density at radius 1 is 1.10 bits per heavy atom. The first-order valence-electron chi connectivity index (χ1n) is 9.09. The van der Waals surface area contributed by atoms with Gasteiger partial charge in [-0.3, -0.25) is 4.98 Å². The van der Waals surface area contributed by atoms with Crippen LogP contribution in [0.3, 0.4) is 0 Å². The molecule has 0 aliphatic heterocycles. The van der Waals surface area contributed by atoms with E-state index in [0.717, 1.165) is 0 Å². The number of carboxylic acids is 1. The van der Waals surface area contributed by atoms with E-state index in [2.05, 4.69) is 4.98 Å². The number of aromatic nitrogens is 1. The highest BCUT2D eigenvalue weighted by atomic mass is 19.4. The number of rotatable bonds is 7. The Hall–Kier alpha value is -3.75. The Kier molecular flexibility index (Phi) is 6.33. The zero-order valence-electron chi connectivity index (χ0n) is 16.3. The van der Waals surface area contributed by atoms with Crippen molar-refractivity contribution in [2.75, 3.05) is 6.61 Å². The number of phenols is 1. The van der Waals surface area contributed by atoms with Crippen molar-refractivity contribution >= 4 is 5.97 Å². The first-order valence-corrected chi connectivity index (χ1v) is 9.09. The number of carbonyl (C=O) groups is 1. The quantitative estimate of drug-likeness (QED) is 0.548. The van der Waals surface area contributed by atoms with E-state index >= 15 is 0 Å². The molecule has 3 aromatic rings. The summed E-state index contributed by atoms with van der Waals surface area (Å²) in [6.45, 7) is 0.624. The fraction of sp³-hybridized carbons (Fsp3) is 0.182. The highest BCUT2D eigenvalue weighted by Crippen LogP contribution is 2.43. The van der Waals surface area contributed by atoms with Crippen LogP contribution in [0.1, 0.15) is 22.4 Å². The summed E-state index contributed by atoms with van der Waals surface area (Å²) in [5.74, 6) is -1.93. The van der Waals surface area contributed by atoms with Gasteiger partial charge in [-0.1, -0.05) is 6.07 Å². The molecule has 0 fully saturated rings. The van der Waals surface area contributed by atoms with Crippen LogP contribution in [0, 0.1) is 6.92 Å². The third kappa shape index (κ3) is 5.65. The van der Waals surface area contributed by atoms with Gasteiger partial charge in [0, 0.05) is 23.9 Å². The highest BCUT2D eigenvalue weighted by molar-refractivity contribution is 5.68. The number of aliphatic carboxylic acids is 1. The van der Waals surface area contributed by atoms with E-state index < -0.39 is 30.1 Å². The van der Waals surface area contributed by atoms with Crippen molar-refractivity contribution in [2.24, 2.45) is 0 Å². The minimum absolute atomic E-state index is 0.0387. The third-order valence-electron chi connectivity index (χ3n) is 4.28. The molecular formula is C22H18F3NO5. The van der Waals surface area contributed by atoms with E-state index in [1.807, 2.05) is 0 Å². The molecule has 1 aromatic heterocycles. The maximum absolute atomic E-state index is 13.6. The number of ether oxygens (including phenoxy) is 2. The third-order valence-corrected chi connectivity index (χ3v) is 4.28. The fourth-order valence-corrected chi connectivity index (χ4v) is 2.90. The molecule has 9 heteroatoms. The molecule has 0 bridgehead atoms. The van der Waals surface area contributed by atoms with Crippen LogP contribution >= 0.6 is 0 Å². The lowest BCUT2D eigenvalue weighted by molar-refractivity contribution is -0.139. The van der Waals surface area contributed by atoms with Crippen LogP contribution in [0.15, 0.2) is 54.7 Å². The van der Waals surface area contributed by atoms with Crippen LogP contribution in [0.4, 0.5) is 13.2 Å². The number of hydrogen-bond donors (Lipinski definition) is 2. The van der Waals surface area contributed by atoms with Crippen molar-refractivity contribution in [3.05, 3.63) is 77.1 Å². The lowest BCUT2D eigenvalue weighted by Gasteiger charge is -2.18. The standard InChI is InChI=1S/C22H18F3NO5/c1-13-8-17(30-12-20(28)29)11-18(22(23,24)25)21(13)31-16-5-6-19(27)14(10-16)9-15-4-2-3-7-26-15/h2-8,10-11,27H,9,12H2,1H3,(H,28,29). The molecular weight excluding hydrogens is 415 g/mol. The Balaban J connectivity index is 1.94. The summed E-state index contributed by atoms with van der Waals surface area (Å²) < 4.78 is 51.4. The maximum atomic E-state index is 13.6. The first kappa shape index (κ1) is 21.9. The van der Waals surface area contributed by atoms with Crippen LogP contribution in [-0.2, 0) is 17.4 Å². The summed E-state index contributed by atoms with van der Waals surface area (Å²) >= 11 is 0. The van der Waals surface area contributed by atoms with Crippen molar-refractivity contribution in [2.45, 2.75) is 19.5 Å². The van der Waals surface area contributed by atoms with E-state index in [9.17, 15) is 23.1 Å². The van der Waals surface area contributed by atoms with Gasteiger partial charge in [0.05, 0.1) is 0 Å². The zero-order chi connectivity index (χ0) is 22.6. The molecule has 0 unspecified atom stereocenters. The number of phenolic OH excluding ortho intramolecular Hbond substituents is 1. The van der Waals surface area contributed by atoms with E-state index in [1.165, 1.54) is 31.2 Å². The molecule has 0 radical (unpaired) electrons. The Morgan fingerprint density at radius 2 is 1.87 bits per heavy atom. The fourth-order valence-electron chi connectivity index (χ4n) is 2.90. The molecule has 6 nitrogen and oxygen atoms in total. The van der Waals surface area contributed by atoms with Gasteiger partial charge < -0.3 is 19.7 Å². The topological polar surface area (TPSA) is 88.9 Å². The van der Waals surface area contributed by atoms with Gasteiger partial charge in [-0.2, -0.15) is 13.2 Å². The van der Waals surface area contributed by atoms with Crippen LogP contribution in [0.5, 0.6) is 23.0 Å². The predicted octanol–water partition coefficient (Wildman–Crippen LogP) is 4.96. The Morgan fingerprint density at radius 3 is 2.52 bits per heavy atom. The van der Waals surface area contributed by atoms with E-state index in [0.29, 0.717) is 17.3 Å². The number of aryl methyl sites for hydroxylation is 1. The summed E-state index contributed by atoms with van der Waals surface area (Å²) in [5, 5.41) is 18.8. The van der Waals surface area contributed by atoms with Gasteiger partial charge in [0.25, 0.3) is 0 Å². The largest absolute Gasteiger partial charge is 0.508 e. The molecule has 2 N–H and O–H groups in total. The molecule has 0 amide bonds. The molecule has 31 heavy (non-hydrogen) atoms. The van der Waals surface area contributed by atoms with Gasteiger partial charge in [0.15, 0.2) is 6.61 Å². The van der Waals surface area contributed by atoms with E-state index in [4.69, 9.17) is 14.6 Å². The van der Waals surface area contributed by atoms with Crippen LogP contribution < -0.4 is 9.47 Å². The summed E-state index contributed by atoms with van der Waals surface area (Å²) in [4.78, 5) is 14.8. The van der Waals surface area contributed by atoms with Gasteiger partial charge in [-0.25, -0.2) is 4.79 Å². The van der Waals surface area contributed by atoms with E-state index in [1.54, 1.807) is 24.4 Å². The smallest absolute Gasteiger partial charge is 0.420 e. The summed E-state index contributed by atoms with van der Waals surface area (Å²) in [6.07, 6.45) is -2.91. The zero-order valence-corrected chi connectivity index (χ0v) is 16.3. The lowest BCUT2D eigenvalue weighted by atomic mass is 10.1. The number of pyridine rings is 1. The van der Waals surface area contributed by atoms with Crippen molar-refractivity contribution in [1.82, 2.24) is 4.98 Å². The van der Waals surface area contributed by atoms with Crippen molar-refractivity contribution in [1.29, 1.82) is 0 Å². The molecule has 0 aliphatic rings. The molecule has 0 spiro atoms. The number of nitrogens with zero attached hydrogens (tertiary/aromatic N) is 1. The second-order valence-corrected chi connectivity index (χ2v) is 6.69. The summed E-state index contributed by atoms with van der Waals surface area (Å²) in [5.41, 5.74) is 0.104. The summed E-state index contributed by atoms with van der Waals surface area (Å²) in [6, 6.07) is 11.4. The average Bonchev–Trinajstić information content (AvgIpc) is 2.70. The molecule has 162 valence electrons. The number of halogens is 3. The number of aromatic hydroxyl groups is 1. The van der Waals surface area contributed by atoms with Crippen molar-refractivity contribution < 1.29 is 37.7 Å². The molecule has 1 heterocycles. The monoisotopic (exact) mass is 433 g/mol. The van der Waals surface area contributed by atoms with Gasteiger partial charge in [0.1, 0.15) is 28.6 Å². The summed E-state index contributed by atoms with van der Waals surface area (Å²) in [7, 11) is 0. The molecule has 3 rings (SSSR count). The van der Waals surface area contributed by atoms with Crippen molar-refractivity contribution in [3.63, 3.8) is 0 Å².